The first-order valence-electron chi connectivity index (χ1n) is 10.6. The first kappa shape index (κ1) is 24.7. The highest BCUT2D eigenvalue weighted by Gasteiger charge is 2.37. The Labute approximate surface area is 191 Å². The van der Waals surface area contributed by atoms with Crippen LogP contribution in [0.4, 0.5) is 5.82 Å². The molecule has 0 aromatic carbocycles. The maximum absolute atomic E-state index is 11.8. The number of nitrogens with zero attached hydrogens (tertiary/aromatic N) is 3. The Kier molecular flexibility index (Phi) is 8.43. The van der Waals surface area contributed by atoms with Gasteiger partial charge in [0.1, 0.15) is 24.3 Å². The van der Waals surface area contributed by atoms with E-state index >= 15 is 0 Å². The van der Waals surface area contributed by atoms with Crippen LogP contribution < -0.4 is 11.2 Å². The predicted molar refractivity (Wildman–Crippen MR) is 116 cm³/mol. The predicted octanol–water partition coefficient (Wildman–Crippen LogP) is -0.566. The SMILES string of the molecule is CCOC(=O)CONC(=O)CCC#Cc1cn(C2CC(O)C(CO)O2)c2c1C(N)N(C)C=N2. The van der Waals surface area contributed by atoms with Crippen LogP contribution in [0, 0.1) is 11.8 Å². The van der Waals surface area contributed by atoms with Crippen molar-refractivity contribution < 1.29 is 34.1 Å². The molecule has 2 aliphatic rings. The lowest BCUT2D eigenvalue weighted by atomic mass is 10.1. The number of carbonyl (C=O) groups is 2. The topological polar surface area (TPSA) is 161 Å². The van der Waals surface area contributed by atoms with Crippen molar-refractivity contribution in [2.75, 3.05) is 26.9 Å². The number of aliphatic hydroxyl groups excluding tert-OH is 2. The highest BCUT2D eigenvalue weighted by Crippen LogP contribution is 2.39. The van der Waals surface area contributed by atoms with Crippen molar-refractivity contribution in [1.29, 1.82) is 0 Å². The van der Waals surface area contributed by atoms with Gasteiger partial charge in [0.15, 0.2) is 6.61 Å². The van der Waals surface area contributed by atoms with Crippen LogP contribution in [-0.4, -0.2) is 77.0 Å². The summed E-state index contributed by atoms with van der Waals surface area (Å²) in [5.41, 5.74) is 9.85. The summed E-state index contributed by atoms with van der Waals surface area (Å²) in [6, 6.07) is 0. The van der Waals surface area contributed by atoms with E-state index in [-0.39, 0.29) is 32.7 Å². The third kappa shape index (κ3) is 5.89. The number of hydroxylamine groups is 1. The van der Waals surface area contributed by atoms with Gasteiger partial charge in [0.05, 0.1) is 31.2 Å². The van der Waals surface area contributed by atoms with Crippen molar-refractivity contribution in [3.8, 4) is 11.8 Å². The monoisotopic (exact) mass is 463 g/mol. The second-order valence-electron chi connectivity index (χ2n) is 7.58. The molecule has 4 atom stereocenters. The fourth-order valence-corrected chi connectivity index (χ4v) is 3.51. The van der Waals surface area contributed by atoms with Crippen molar-refractivity contribution in [3.63, 3.8) is 0 Å². The molecule has 3 rings (SSSR count). The Morgan fingerprint density at radius 1 is 1.45 bits per heavy atom. The molecule has 0 radical (unpaired) electrons. The molecule has 5 N–H and O–H groups in total. The maximum atomic E-state index is 11.8. The van der Waals surface area contributed by atoms with Crippen LogP contribution >= 0.6 is 0 Å². The van der Waals surface area contributed by atoms with Crippen LogP contribution in [0.3, 0.4) is 0 Å². The second kappa shape index (κ2) is 11.3. The van der Waals surface area contributed by atoms with Crippen molar-refractivity contribution in [3.05, 3.63) is 17.3 Å². The Bertz CT molecular complexity index is 951. The summed E-state index contributed by atoms with van der Waals surface area (Å²) in [6.45, 7) is 1.25. The van der Waals surface area contributed by atoms with Crippen LogP contribution in [0.5, 0.6) is 0 Å². The Hall–Kier alpha value is -2.95. The number of nitrogens with one attached hydrogen (secondary N) is 1. The zero-order chi connectivity index (χ0) is 24.0. The molecule has 2 aliphatic heterocycles. The highest BCUT2D eigenvalue weighted by atomic mass is 16.7. The summed E-state index contributed by atoms with van der Waals surface area (Å²) in [4.78, 5) is 34.0. The maximum Gasteiger partial charge on any atom is 0.334 e. The molecule has 1 amide bonds. The molecular formula is C21H29N5O7. The van der Waals surface area contributed by atoms with E-state index in [1.165, 1.54) is 0 Å². The number of carbonyl (C=O) groups excluding carboxylic acids is 2. The minimum atomic E-state index is -0.791. The van der Waals surface area contributed by atoms with Gasteiger partial charge in [-0.15, -0.1) is 0 Å². The Balaban J connectivity index is 1.66. The summed E-state index contributed by atoms with van der Waals surface area (Å²) >= 11 is 0. The first-order valence-corrected chi connectivity index (χ1v) is 10.6. The average Bonchev–Trinajstić information content (AvgIpc) is 3.34. The molecule has 180 valence electrons. The number of fused-ring (bicyclic) bond motifs is 1. The third-order valence-corrected chi connectivity index (χ3v) is 5.22. The molecule has 1 saturated heterocycles. The first-order chi connectivity index (χ1) is 15.8. The van der Waals surface area contributed by atoms with E-state index in [1.54, 1.807) is 36.0 Å². The molecule has 12 heteroatoms. The number of aromatic nitrogens is 1. The molecule has 0 spiro atoms. The standard InChI is InChI=1S/C21H29N5O7/c1-3-31-18(30)11-32-24-16(29)7-5-4-6-13-9-26(17-8-14(28)15(10-27)33-17)21-19(13)20(22)25(2)12-23-21/h9,12,14-15,17,20,27-28H,3,5,7-8,10-11,22H2,1-2H3,(H,24,29). The van der Waals surface area contributed by atoms with Gasteiger partial charge in [0.2, 0.25) is 5.91 Å². The molecule has 33 heavy (non-hydrogen) atoms. The van der Waals surface area contributed by atoms with Crippen LogP contribution in [0.25, 0.3) is 0 Å². The van der Waals surface area contributed by atoms with Crippen molar-refractivity contribution in [1.82, 2.24) is 14.9 Å². The van der Waals surface area contributed by atoms with E-state index in [4.69, 9.17) is 20.0 Å². The van der Waals surface area contributed by atoms with Gasteiger partial charge >= 0.3 is 5.97 Å². The lowest BCUT2D eigenvalue weighted by Gasteiger charge is -2.27. The summed E-state index contributed by atoms with van der Waals surface area (Å²) in [7, 11) is 1.80. The number of hydrogen-bond donors (Lipinski definition) is 4. The normalized spacial score (nSPS) is 23.6. The van der Waals surface area contributed by atoms with E-state index in [9.17, 15) is 19.8 Å². The molecule has 1 aromatic heterocycles. The minimum Gasteiger partial charge on any atom is -0.464 e. The minimum absolute atomic E-state index is 0.0684. The molecule has 1 fully saturated rings. The van der Waals surface area contributed by atoms with Gasteiger partial charge in [0.25, 0.3) is 0 Å². The number of aliphatic hydroxyl groups is 2. The van der Waals surface area contributed by atoms with Crippen molar-refractivity contribution in [2.45, 2.75) is 50.8 Å². The molecule has 4 unspecified atom stereocenters. The van der Waals surface area contributed by atoms with Gasteiger partial charge in [-0.3, -0.25) is 9.63 Å². The van der Waals surface area contributed by atoms with E-state index in [1.807, 2.05) is 0 Å². The molecule has 1 aromatic rings. The number of esters is 1. The summed E-state index contributed by atoms with van der Waals surface area (Å²) < 4.78 is 12.2. The van der Waals surface area contributed by atoms with Gasteiger partial charge in [-0.25, -0.2) is 15.3 Å². The number of aliphatic imine (C=N–C) groups is 1. The Morgan fingerprint density at radius 3 is 2.94 bits per heavy atom. The van der Waals surface area contributed by atoms with Gasteiger partial charge in [-0.1, -0.05) is 11.8 Å². The lowest BCUT2D eigenvalue weighted by molar-refractivity contribution is -0.154. The fourth-order valence-electron chi connectivity index (χ4n) is 3.51. The summed E-state index contributed by atoms with van der Waals surface area (Å²) in [5.74, 6) is 5.57. The van der Waals surface area contributed by atoms with Crippen LogP contribution in [0.15, 0.2) is 11.2 Å². The molecule has 0 aliphatic carbocycles. The van der Waals surface area contributed by atoms with Gasteiger partial charge in [0, 0.05) is 38.1 Å². The van der Waals surface area contributed by atoms with Crippen LogP contribution in [0.1, 0.15) is 49.7 Å². The van der Waals surface area contributed by atoms with Gasteiger partial charge in [-0.2, -0.15) is 0 Å². The van der Waals surface area contributed by atoms with E-state index < -0.39 is 36.5 Å². The number of nitrogens with two attached hydrogens (primary N) is 1. The zero-order valence-corrected chi connectivity index (χ0v) is 18.6. The largest absolute Gasteiger partial charge is 0.464 e. The lowest BCUT2D eigenvalue weighted by Crippen LogP contribution is -2.32. The van der Waals surface area contributed by atoms with Crippen molar-refractivity contribution in [2.24, 2.45) is 10.7 Å². The number of hydrogen-bond acceptors (Lipinski definition) is 10. The smallest absolute Gasteiger partial charge is 0.334 e. The second-order valence-corrected chi connectivity index (χ2v) is 7.58. The molecule has 12 nitrogen and oxygen atoms in total. The van der Waals surface area contributed by atoms with Crippen LogP contribution in [0.2, 0.25) is 0 Å². The van der Waals surface area contributed by atoms with Crippen molar-refractivity contribution >= 4 is 24.0 Å². The highest BCUT2D eigenvalue weighted by molar-refractivity contribution is 5.76. The van der Waals surface area contributed by atoms with Crippen LogP contribution in [-0.2, 0) is 23.9 Å². The quantitative estimate of drug-likeness (QED) is 0.225. The average molecular weight is 463 g/mol. The molecular weight excluding hydrogens is 434 g/mol. The molecule has 0 saturated carbocycles. The fraction of sp³-hybridized carbons (Fsp3) is 0.571. The van der Waals surface area contributed by atoms with Gasteiger partial charge < -0.3 is 34.9 Å². The molecule has 3 heterocycles. The number of amides is 1. The number of ether oxygens (including phenoxy) is 2. The zero-order valence-electron chi connectivity index (χ0n) is 18.6. The van der Waals surface area contributed by atoms with E-state index in [0.717, 1.165) is 0 Å². The van der Waals surface area contributed by atoms with E-state index in [2.05, 4.69) is 22.3 Å². The number of rotatable bonds is 8. The van der Waals surface area contributed by atoms with E-state index in [0.29, 0.717) is 23.4 Å². The Morgan fingerprint density at radius 2 is 2.24 bits per heavy atom. The third-order valence-electron chi connectivity index (χ3n) is 5.22. The van der Waals surface area contributed by atoms with Gasteiger partial charge in [-0.05, 0) is 6.92 Å². The summed E-state index contributed by atoms with van der Waals surface area (Å²) in [6.07, 6.45) is 1.51. The summed E-state index contributed by atoms with van der Waals surface area (Å²) in [5, 5.41) is 19.5. The molecule has 0 bridgehead atoms.